The summed E-state index contributed by atoms with van der Waals surface area (Å²) in [5, 5.41) is 20.8. The molecule has 1 aliphatic heterocycles. The third kappa shape index (κ3) is 4.35. The van der Waals surface area contributed by atoms with E-state index < -0.39 is 0 Å². The minimum absolute atomic E-state index is 0.760. The topological polar surface area (TPSA) is 61.6 Å². The molecule has 0 atom stereocenters. The fourth-order valence-corrected chi connectivity index (χ4v) is 4.44. The van der Waals surface area contributed by atoms with E-state index in [1.165, 1.54) is 5.56 Å². The van der Waals surface area contributed by atoms with Gasteiger partial charge in [0.1, 0.15) is 5.82 Å². The van der Waals surface area contributed by atoms with Crippen LogP contribution in [0.1, 0.15) is 5.56 Å². The Labute approximate surface area is 180 Å². The summed E-state index contributed by atoms with van der Waals surface area (Å²) >= 11 is 1.65. The number of hydrogen-bond acceptors (Lipinski definition) is 7. The number of nitrogens with one attached hydrogen (secondary N) is 1. The van der Waals surface area contributed by atoms with Crippen molar-refractivity contribution < 1.29 is 0 Å². The molecule has 7 nitrogen and oxygen atoms in total. The minimum Gasteiger partial charge on any atom is -0.367 e. The first-order valence-corrected chi connectivity index (χ1v) is 11.3. The molecule has 0 spiro atoms. The van der Waals surface area contributed by atoms with Gasteiger partial charge in [0, 0.05) is 56.8 Å². The van der Waals surface area contributed by atoms with Crippen molar-refractivity contribution in [2.75, 3.05) is 44.6 Å². The fourth-order valence-electron chi connectivity index (χ4n) is 3.81. The van der Waals surface area contributed by atoms with Crippen LogP contribution in [0.25, 0.3) is 17.0 Å². The van der Waals surface area contributed by atoms with Crippen LogP contribution >= 0.6 is 11.3 Å². The molecule has 8 heteroatoms. The number of rotatable bonds is 7. The molecule has 1 saturated heterocycles. The lowest BCUT2D eigenvalue weighted by molar-refractivity contribution is 0.130. The Hall–Kier alpha value is -2.81. The Balaban J connectivity index is 1.12. The number of benzene rings is 1. The van der Waals surface area contributed by atoms with Crippen molar-refractivity contribution in [2.24, 2.45) is 0 Å². The molecule has 0 bridgehead atoms. The van der Waals surface area contributed by atoms with Gasteiger partial charge in [0.15, 0.2) is 11.5 Å². The Morgan fingerprint density at radius 3 is 2.53 bits per heavy atom. The van der Waals surface area contributed by atoms with Crippen LogP contribution in [-0.2, 0) is 6.54 Å². The fraction of sp³-hybridized carbons (Fsp3) is 0.318. The van der Waals surface area contributed by atoms with Crippen LogP contribution in [0.5, 0.6) is 0 Å². The highest BCUT2D eigenvalue weighted by Crippen LogP contribution is 2.20. The van der Waals surface area contributed by atoms with Crippen LogP contribution in [0.4, 0.5) is 5.82 Å². The third-order valence-electron chi connectivity index (χ3n) is 5.49. The summed E-state index contributed by atoms with van der Waals surface area (Å²) in [6.07, 6.45) is 0. The van der Waals surface area contributed by atoms with Crippen LogP contribution in [0.3, 0.4) is 0 Å². The third-order valence-corrected chi connectivity index (χ3v) is 6.17. The molecule has 30 heavy (non-hydrogen) atoms. The molecule has 0 saturated carbocycles. The maximum absolute atomic E-state index is 4.69. The molecule has 1 fully saturated rings. The second-order valence-electron chi connectivity index (χ2n) is 7.55. The number of hydrogen-bond donors (Lipinski definition) is 1. The molecule has 0 amide bonds. The highest BCUT2D eigenvalue weighted by molar-refractivity contribution is 7.08. The van der Waals surface area contributed by atoms with Gasteiger partial charge in [-0.1, -0.05) is 30.3 Å². The number of piperazine rings is 1. The summed E-state index contributed by atoms with van der Waals surface area (Å²) in [6, 6.07) is 16.7. The van der Waals surface area contributed by atoms with Gasteiger partial charge in [-0.3, -0.25) is 9.80 Å². The van der Waals surface area contributed by atoms with Gasteiger partial charge >= 0.3 is 0 Å². The summed E-state index contributed by atoms with van der Waals surface area (Å²) in [4.78, 5) is 5.05. The highest BCUT2D eigenvalue weighted by Gasteiger charge is 2.16. The molecule has 1 aromatic carbocycles. The zero-order valence-electron chi connectivity index (χ0n) is 16.8. The maximum atomic E-state index is 4.69. The lowest BCUT2D eigenvalue weighted by Gasteiger charge is -2.34. The predicted octanol–water partition coefficient (Wildman–Crippen LogP) is 3.08. The number of thiophene rings is 1. The molecule has 3 aromatic heterocycles. The molecule has 4 heterocycles. The summed E-state index contributed by atoms with van der Waals surface area (Å²) in [7, 11) is 0. The molecule has 1 N–H and O–H groups in total. The molecule has 5 rings (SSSR count). The Morgan fingerprint density at radius 2 is 1.73 bits per heavy atom. The first kappa shape index (κ1) is 19.2. The number of nitrogens with zero attached hydrogens (tertiary/aromatic N) is 6. The van der Waals surface area contributed by atoms with Crippen LogP contribution < -0.4 is 5.32 Å². The maximum Gasteiger partial charge on any atom is 0.186 e. The largest absolute Gasteiger partial charge is 0.367 e. The van der Waals surface area contributed by atoms with Gasteiger partial charge in [0.25, 0.3) is 0 Å². The van der Waals surface area contributed by atoms with Gasteiger partial charge in [-0.25, -0.2) is 0 Å². The molecule has 1 aliphatic rings. The molecule has 0 radical (unpaired) electrons. The summed E-state index contributed by atoms with van der Waals surface area (Å²) in [5.41, 5.74) is 3.20. The van der Waals surface area contributed by atoms with E-state index in [4.69, 9.17) is 5.10 Å². The first-order chi connectivity index (χ1) is 14.8. The van der Waals surface area contributed by atoms with Gasteiger partial charge in [0.05, 0.1) is 0 Å². The van der Waals surface area contributed by atoms with Gasteiger partial charge < -0.3 is 5.32 Å². The Kier molecular flexibility index (Phi) is 5.69. The van der Waals surface area contributed by atoms with E-state index in [9.17, 15) is 0 Å². The van der Waals surface area contributed by atoms with Gasteiger partial charge in [-0.2, -0.15) is 15.9 Å². The molecule has 0 aliphatic carbocycles. The SMILES string of the molecule is c1ccc(CN2CCN(CCNc3ccc4nnc(-c5ccsc5)n4n3)CC2)cc1. The van der Waals surface area contributed by atoms with Crippen LogP contribution in [0, 0.1) is 0 Å². The molecule has 0 unspecified atom stereocenters. The van der Waals surface area contributed by atoms with E-state index >= 15 is 0 Å². The zero-order chi connectivity index (χ0) is 20.2. The average Bonchev–Trinajstić information content (AvgIpc) is 3.45. The molecule has 4 aromatic rings. The predicted molar refractivity (Wildman–Crippen MR) is 121 cm³/mol. The molecule has 154 valence electrons. The van der Waals surface area contributed by atoms with E-state index in [-0.39, 0.29) is 0 Å². The van der Waals surface area contributed by atoms with Gasteiger partial charge in [-0.05, 0) is 29.1 Å². The van der Waals surface area contributed by atoms with Crippen molar-refractivity contribution in [1.29, 1.82) is 0 Å². The van der Waals surface area contributed by atoms with Crippen molar-refractivity contribution in [2.45, 2.75) is 6.54 Å². The van der Waals surface area contributed by atoms with Crippen molar-refractivity contribution in [3.63, 3.8) is 0 Å². The second kappa shape index (κ2) is 8.91. The normalized spacial score (nSPS) is 15.6. The zero-order valence-corrected chi connectivity index (χ0v) is 17.6. The lowest BCUT2D eigenvalue weighted by atomic mass is 10.2. The van der Waals surface area contributed by atoms with E-state index in [1.54, 1.807) is 11.3 Å². The smallest absolute Gasteiger partial charge is 0.186 e. The number of aromatic nitrogens is 4. The van der Waals surface area contributed by atoms with Crippen LogP contribution in [-0.4, -0.2) is 68.9 Å². The lowest BCUT2D eigenvalue weighted by Crippen LogP contribution is -2.47. The standard InChI is InChI=1S/C22H25N7S/c1-2-4-18(5-3-1)16-28-13-11-27(12-14-28)10-9-23-20-6-7-21-24-25-22(29(21)26-20)19-8-15-30-17-19/h1-8,15,17H,9-14,16H2,(H,23,26). The molecular formula is C22H25N7S. The van der Waals surface area contributed by atoms with Crippen molar-refractivity contribution in [3.8, 4) is 11.4 Å². The number of fused-ring (bicyclic) bond motifs is 1. The van der Waals surface area contributed by atoms with E-state index in [1.807, 2.05) is 28.1 Å². The quantitative estimate of drug-likeness (QED) is 0.497. The monoisotopic (exact) mass is 419 g/mol. The van der Waals surface area contributed by atoms with Crippen molar-refractivity contribution >= 4 is 22.8 Å². The minimum atomic E-state index is 0.760. The van der Waals surface area contributed by atoms with Crippen LogP contribution in [0.15, 0.2) is 59.3 Å². The van der Waals surface area contributed by atoms with E-state index in [2.05, 4.69) is 61.0 Å². The second-order valence-corrected chi connectivity index (χ2v) is 8.33. The van der Waals surface area contributed by atoms with Crippen molar-refractivity contribution in [3.05, 3.63) is 64.9 Å². The highest BCUT2D eigenvalue weighted by atomic mass is 32.1. The van der Waals surface area contributed by atoms with Gasteiger partial charge in [-0.15, -0.1) is 15.3 Å². The number of anilines is 1. The van der Waals surface area contributed by atoms with Gasteiger partial charge in [0.2, 0.25) is 0 Å². The first-order valence-electron chi connectivity index (χ1n) is 10.3. The average molecular weight is 420 g/mol. The summed E-state index contributed by atoms with van der Waals surface area (Å²) in [5.74, 6) is 1.63. The molecular weight excluding hydrogens is 394 g/mol. The summed E-state index contributed by atoms with van der Waals surface area (Å²) < 4.78 is 1.81. The van der Waals surface area contributed by atoms with E-state index in [0.717, 1.165) is 68.7 Å². The Morgan fingerprint density at radius 1 is 0.900 bits per heavy atom. The summed E-state index contributed by atoms with van der Waals surface area (Å²) in [6.45, 7) is 7.37. The van der Waals surface area contributed by atoms with Crippen molar-refractivity contribution in [1.82, 2.24) is 29.6 Å². The van der Waals surface area contributed by atoms with E-state index in [0.29, 0.717) is 0 Å². The van der Waals surface area contributed by atoms with Crippen LogP contribution in [0.2, 0.25) is 0 Å². The Bertz CT molecular complexity index is 1070.